The standard InChI is InChI=1S/C22H34N6O3.HI/c1-3-23-21(27-14-16-28(17-15-27)22(30)31-4-2)24-18-20(29)26-12-10-25(11-13-26)19-8-6-5-7-9-19;/h5-9H,3-4,10-18H2,1-2H3,(H,23,24);1H. The predicted octanol–water partition coefficient (Wildman–Crippen LogP) is 1.69. The molecule has 9 nitrogen and oxygen atoms in total. The average molecular weight is 558 g/mol. The van der Waals surface area contributed by atoms with E-state index >= 15 is 0 Å². The molecule has 2 aliphatic heterocycles. The maximum absolute atomic E-state index is 12.7. The highest BCUT2D eigenvalue weighted by atomic mass is 127. The number of nitrogens with zero attached hydrogens (tertiary/aromatic N) is 5. The first kappa shape index (κ1) is 26.0. The van der Waals surface area contributed by atoms with Crippen LogP contribution < -0.4 is 10.2 Å². The van der Waals surface area contributed by atoms with E-state index in [1.54, 1.807) is 4.90 Å². The summed E-state index contributed by atoms with van der Waals surface area (Å²) in [5.41, 5.74) is 1.20. The van der Waals surface area contributed by atoms with Crippen molar-refractivity contribution >= 4 is 47.6 Å². The summed E-state index contributed by atoms with van der Waals surface area (Å²) in [6, 6.07) is 10.3. The molecule has 1 aromatic rings. The highest BCUT2D eigenvalue weighted by Gasteiger charge is 2.25. The van der Waals surface area contributed by atoms with Crippen LogP contribution in [0.4, 0.5) is 10.5 Å². The summed E-state index contributed by atoms with van der Waals surface area (Å²) in [4.78, 5) is 37.2. The predicted molar refractivity (Wildman–Crippen MR) is 137 cm³/mol. The molecule has 2 amide bonds. The molecule has 3 rings (SSSR count). The maximum Gasteiger partial charge on any atom is 0.409 e. The number of carbonyl (C=O) groups excluding carboxylic acids is 2. The third-order valence-electron chi connectivity index (χ3n) is 5.56. The molecule has 0 spiro atoms. The summed E-state index contributed by atoms with van der Waals surface area (Å²) in [6.45, 7) is 10.6. The van der Waals surface area contributed by atoms with E-state index in [2.05, 4.69) is 32.2 Å². The van der Waals surface area contributed by atoms with Crippen LogP contribution in [0.2, 0.25) is 0 Å². The van der Waals surface area contributed by atoms with Crippen LogP contribution >= 0.6 is 24.0 Å². The Labute approximate surface area is 207 Å². The van der Waals surface area contributed by atoms with E-state index in [1.807, 2.05) is 36.9 Å². The van der Waals surface area contributed by atoms with Gasteiger partial charge in [-0.05, 0) is 26.0 Å². The lowest BCUT2D eigenvalue weighted by Crippen LogP contribution is -2.54. The second kappa shape index (κ2) is 13.3. The zero-order valence-electron chi connectivity index (χ0n) is 19.0. The quantitative estimate of drug-likeness (QED) is 0.337. The van der Waals surface area contributed by atoms with Crippen molar-refractivity contribution in [2.75, 3.05) is 77.0 Å². The van der Waals surface area contributed by atoms with Crippen LogP contribution in [0.3, 0.4) is 0 Å². The number of para-hydroxylation sites is 1. The van der Waals surface area contributed by atoms with Gasteiger partial charge in [0, 0.05) is 64.6 Å². The summed E-state index contributed by atoms with van der Waals surface area (Å²) in [6.07, 6.45) is -0.270. The van der Waals surface area contributed by atoms with Gasteiger partial charge in [0.2, 0.25) is 5.91 Å². The fourth-order valence-electron chi connectivity index (χ4n) is 3.84. The molecule has 2 fully saturated rings. The van der Waals surface area contributed by atoms with Crippen molar-refractivity contribution in [1.29, 1.82) is 0 Å². The third-order valence-corrected chi connectivity index (χ3v) is 5.56. The number of halogens is 1. The van der Waals surface area contributed by atoms with E-state index in [0.717, 1.165) is 25.6 Å². The third kappa shape index (κ3) is 7.14. The lowest BCUT2D eigenvalue weighted by molar-refractivity contribution is -0.129. The van der Waals surface area contributed by atoms with Gasteiger partial charge in [0.05, 0.1) is 6.61 Å². The number of rotatable bonds is 5. The van der Waals surface area contributed by atoms with Gasteiger partial charge in [-0.1, -0.05) is 18.2 Å². The Bertz CT molecular complexity index is 747. The van der Waals surface area contributed by atoms with Crippen molar-refractivity contribution in [3.8, 4) is 0 Å². The fourth-order valence-corrected chi connectivity index (χ4v) is 3.84. The van der Waals surface area contributed by atoms with Crippen LogP contribution in [0.15, 0.2) is 35.3 Å². The summed E-state index contributed by atoms with van der Waals surface area (Å²) >= 11 is 0. The van der Waals surface area contributed by atoms with Crippen molar-refractivity contribution in [1.82, 2.24) is 20.0 Å². The second-order valence-electron chi connectivity index (χ2n) is 7.55. The van der Waals surface area contributed by atoms with Crippen LogP contribution in [0.25, 0.3) is 0 Å². The highest BCUT2D eigenvalue weighted by Crippen LogP contribution is 2.15. The number of carbonyl (C=O) groups is 2. The molecule has 178 valence electrons. The zero-order chi connectivity index (χ0) is 22.1. The Morgan fingerprint density at radius 3 is 2.09 bits per heavy atom. The topological polar surface area (TPSA) is 80.7 Å². The highest BCUT2D eigenvalue weighted by molar-refractivity contribution is 14.0. The van der Waals surface area contributed by atoms with E-state index in [4.69, 9.17) is 4.74 Å². The van der Waals surface area contributed by atoms with Gasteiger partial charge in [-0.25, -0.2) is 9.79 Å². The average Bonchev–Trinajstić information content (AvgIpc) is 2.82. The van der Waals surface area contributed by atoms with Crippen LogP contribution in [0.1, 0.15) is 13.8 Å². The molecule has 2 heterocycles. The molecule has 0 saturated carbocycles. The lowest BCUT2D eigenvalue weighted by atomic mass is 10.2. The van der Waals surface area contributed by atoms with E-state index in [9.17, 15) is 9.59 Å². The molecule has 10 heteroatoms. The molecule has 0 aromatic heterocycles. The number of ether oxygens (including phenoxy) is 1. The van der Waals surface area contributed by atoms with Gasteiger partial charge in [-0.15, -0.1) is 24.0 Å². The number of hydrogen-bond acceptors (Lipinski definition) is 5. The molecule has 0 aliphatic carbocycles. The summed E-state index contributed by atoms with van der Waals surface area (Å²) in [7, 11) is 0. The Morgan fingerprint density at radius 1 is 0.906 bits per heavy atom. The number of guanidine groups is 1. The van der Waals surface area contributed by atoms with E-state index in [-0.39, 0.29) is 42.5 Å². The number of benzene rings is 1. The summed E-state index contributed by atoms with van der Waals surface area (Å²) in [5, 5.41) is 3.27. The molecule has 0 atom stereocenters. The molecule has 1 aromatic carbocycles. The maximum atomic E-state index is 12.7. The molecule has 2 aliphatic rings. The summed E-state index contributed by atoms with van der Waals surface area (Å²) in [5.74, 6) is 0.774. The minimum Gasteiger partial charge on any atom is -0.450 e. The normalized spacial score (nSPS) is 17.0. The van der Waals surface area contributed by atoms with Gasteiger partial charge in [0.25, 0.3) is 0 Å². The molecule has 0 bridgehead atoms. The van der Waals surface area contributed by atoms with Crippen LogP contribution in [0.5, 0.6) is 0 Å². The van der Waals surface area contributed by atoms with E-state index in [0.29, 0.717) is 45.9 Å². The molecule has 2 saturated heterocycles. The van der Waals surface area contributed by atoms with Gasteiger partial charge in [-0.3, -0.25) is 4.79 Å². The Kier molecular flexibility index (Phi) is 10.8. The molecular formula is C22H35IN6O3. The second-order valence-corrected chi connectivity index (χ2v) is 7.55. The number of amides is 2. The number of aliphatic imine (C=N–C) groups is 1. The number of piperazine rings is 2. The number of nitrogens with one attached hydrogen (secondary N) is 1. The van der Waals surface area contributed by atoms with E-state index in [1.165, 1.54) is 5.69 Å². The smallest absolute Gasteiger partial charge is 0.409 e. The van der Waals surface area contributed by atoms with Gasteiger partial charge < -0.3 is 29.7 Å². The van der Waals surface area contributed by atoms with Gasteiger partial charge >= 0.3 is 6.09 Å². The monoisotopic (exact) mass is 558 g/mol. The summed E-state index contributed by atoms with van der Waals surface area (Å²) < 4.78 is 5.08. The van der Waals surface area contributed by atoms with Crippen molar-refractivity contribution in [3.63, 3.8) is 0 Å². The van der Waals surface area contributed by atoms with Crippen LogP contribution in [0, 0.1) is 0 Å². The van der Waals surface area contributed by atoms with Crippen molar-refractivity contribution in [2.24, 2.45) is 4.99 Å². The number of hydrogen-bond donors (Lipinski definition) is 1. The zero-order valence-corrected chi connectivity index (χ0v) is 21.4. The molecule has 1 N–H and O–H groups in total. The van der Waals surface area contributed by atoms with Gasteiger partial charge in [-0.2, -0.15) is 0 Å². The Morgan fingerprint density at radius 2 is 1.50 bits per heavy atom. The largest absolute Gasteiger partial charge is 0.450 e. The van der Waals surface area contributed by atoms with Crippen LogP contribution in [-0.2, 0) is 9.53 Å². The first-order chi connectivity index (χ1) is 15.1. The van der Waals surface area contributed by atoms with Crippen molar-refractivity contribution in [2.45, 2.75) is 13.8 Å². The van der Waals surface area contributed by atoms with E-state index < -0.39 is 0 Å². The van der Waals surface area contributed by atoms with Crippen molar-refractivity contribution in [3.05, 3.63) is 30.3 Å². The first-order valence-electron chi connectivity index (χ1n) is 11.1. The van der Waals surface area contributed by atoms with Gasteiger partial charge in [0.1, 0.15) is 6.54 Å². The lowest BCUT2D eigenvalue weighted by Gasteiger charge is -2.37. The molecule has 0 radical (unpaired) electrons. The Balaban J connectivity index is 0.00000363. The molecular weight excluding hydrogens is 523 g/mol. The van der Waals surface area contributed by atoms with Crippen LogP contribution in [-0.4, -0.2) is 105 Å². The minimum absolute atomic E-state index is 0. The first-order valence-corrected chi connectivity index (χ1v) is 11.1. The fraction of sp³-hybridized carbons (Fsp3) is 0.591. The van der Waals surface area contributed by atoms with Gasteiger partial charge in [0.15, 0.2) is 5.96 Å². The minimum atomic E-state index is -0.270. The molecule has 0 unspecified atom stereocenters. The Hall–Kier alpha value is -2.24. The SMILES string of the molecule is CCNC(=NCC(=O)N1CCN(c2ccccc2)CC1)N1CCN(C(=O)OCC)CC1.I. The van der Waals surface area contributed by atoms with Crippen molar-refractivity contribution < 1.29 is 14.3 Å². The number of anilines is 1. The molecule has 32 heavy (non-hydrogen) atoms.